The van der Waals surface area contributed by atoms with Crippen molar-refractivity contribution in [3.8, 4) is 0 Å². The normalized spacial score (nSPS) is 18.4. The van der Waals surface area contributed by atoms with Gasteiger partial charge in [0, 0.05) is 39.0 Å². The molecular formula is C20H23N3O3. The molecule has 0 saturated carbocycles. The lowest BCUT2D eigenvalue weighted by Gasteiger charge is -2.27. The largest absolute Gasteiger partial charge is 0.360 e. The van der Waals surface area contributed by atoms with Crippen molar-refractivity contribution in [3.05, 3.63) is 52.4 Å². The molecule has 1 aromatic carbocycles. The first-order valence-corrected chi connectivity index (χ1v) is 9.09. The number of rotatable bonds is 3. The Morgan fingerprint density at radius 1 is 1.27 bits per heavy atom. The van der Waals surface area contributed by atoms with Gasteiger partial charge in [-0.25, -0.2) is 0 Å². The predicted molar refractivity (Wildman–Crippen MR) is 95.8 cm³/mol. The van der Waals surface area contributed by atoms with E-state index in [-0.39, 0.29) is 11.8 Å². The second-order valence-corrected chi connectivity index (χ2v) is 7.34. The summed E-state index contributed by atoms with van der Waals surface area (Å²) in [5.74, 6) is 0.978. The SMILES string of the molecule is CN(C)C(=O)c1noc2c1CN(C(=O)C[C@H]1CCc3ccccc31)CC2. The Bertz CT molecular complexity index is 856. The molecule has 26 heavy (non-hydrogen) atoms. The summed E-state index contributed by atoms with van der Waals surface area (Å²) in [6, 6.07) is 8.40. The summed E-state index contributed by atoms with van der Waals surface area (Å²) < 4.78 is 5.33. The molecular weight excluding hydrogens is 330 g/mol. The van der Waals surface area contributed by atoms with Crippen LogP contribution in [-0.4, -0.2) is 47.4 Å². The molecule has 0 fully saturated rings. The number of amides is 2. The van der Waals surface area contributed by atoms with E-state index in [9.17, 15) is 9.59 Å². The van der Waals surface area contributed by atoms with Gasteiger partial charge in [0.15, 0.2) is 5.69 Å². The van der Waals surface area contributed by atoms with E-state index in [4.69, 9.17) is 4.52 Å². The zero-order valence-electron chi connectivity index (χ0n) is 15.2. The summed E-state index contributed by atoms with van der Waals surface area (Å²) in [6.07, 6.45) is 3.21. The molecule has 4 rings (SSSR count). The zero-order chi connectivity index (χ0) is 18.3. The number of hydrogen-bond acceptors (Lipinski definition) is 4. The molecule has 2 aliphatic rings. The van der Waals surface area contributed by atoms with Crippen molar-refractivity contribution < 1.29 is 14.1 Å². The lowest BCUT2D eigenvalue weighted by atomic mass is 9.96. The van der Waals surface area contributed by atoms with Gasteiger partial charge in [-0.1, -0.05) is 29.4 Å². The van der Waals surface area contributed by atoms with Gasteiger partial charge in [0.25, 0.3) is 5.91 Å². The molecule has 0 N–H and O–H groups in total. The van der Waals surface area contributed by atoms with E-state index in [2.05, 4.69) is 23.4 Å². The fourth-order valence-electron chi connectivity index (χ4n) is 4.00. The van der Waals surface area contributed by atoms with Crippen LogP contribution in [0.25, 0.3) is 0 Å². The van der Waals surface area contributed by atoms with Crippen LogP contribution in [-0.2, 0) is 24.2 Å². The molecule has 0 unspecified atom stereocenters. The maximum atomic E-state index is 12.9. The van der Waals surface area contributed by atoms with Crippen molar-refractivity contribution in [1.82, 2.24) is 15.0 Å². The van der Waals surface area contributed by atoms with E-state index in [1.807, 2.05) is 11.0 Å². The Hall–Kier alpha value is -2.63. The standard InChI is InChI=1S/C20H23N3O3/c1-22(2)20(25)19-16-12-23(10-9-17(16)26-21-19)18(24)11-14-8-7-13-5-3-4-6-15(13)14/h3-6,14H,7-12H2,1-2H3/t14-/m1/s1. The van der Waals surface area contributed by atoms with Crippen LogP contribution in [0.3, 0.4) is 0 Å². The highest BCUT2D eigenvalue weighted by molar-refractivity contribution is 5.93. The minimum atomic E-state index is -0.186. The summed E-state index contributed by atoms with van der Waals surface area (Å²) in [6.45, 7) is 1.02. The number of nitrogens with zero attached hydrogens (tertiary/aromatic N) is 3. The van der Waals surface area contributed by atoms with E-state index in [1.165, 1.54) is 16.0 Å². The summed E-state index contributed by atoms with van der Waals surface area (Å²) >= 11 is 0. The summed E-state index contributed by atoms with van der Waals surface area (Å²) in [4.78, 5) is 28.5. The van der Waals surface area contributed by atoms with Crippen LogP contribution < -0.4 is 0 Å². The molecule has 1 aromatic heterocycles. The lowest BCUT2D eigenvalue weighted by Crippen LogP contribution is -2.37. The maximum absolute atomic E-state index is 12.9. The minimum Gasteiger partial charge on any atom is -0.360 e. The number of aromatic nitrogens is 1. The van der Waals surface area contributed by atoms with Crippen molar-refractivity contribution in [2.24, 2.45) is 0 Å². The van der Waals surface area contributed by atoms with Crippen molar-refractivity contribution in [1.29, 1.82) is 0 Å². The van der Waals surface area contributed by atoms with E-state index < -0.39 is 0 Å². The van der Waals surface area contributed by atoms with Gasteiger partial charge in [-0.3, -0.25) is 9.59 Å². The third-order valence-corrected chi connectivity index (χ3v) is 5.47. The number of aryl methyl sites for hydroxylation is 1. The number of benzene rings is 1. The molecule has 0 spiro atoms. The quantitative estimate of drug-likeness (QED) is 0.850. The summed E-state index contributed by atoms with van der Waals surface area (Å²) in [7, 11) is 3.37. The molecule has 0 saturated heterocycles. The fraction of sp³-hybridized carbons (Fsp3) is 0.450. The van der Waals surface area contributed by atoms with Gasteiger partial charge >= 0.3 is 0 Å². The van der Waals surface area contributed by atoms with Crippen molar-refractivity contribution in [2.45, 2.75) is 38.1 Å². The number of carbonyl (C=O) groups excluding carboxylic acids is 2. The minimum absolute atomic E-state index is 0.141. The van der Waals surface area contributed by atoms with Crippen LogP contribution in [0.4, 0.5) is 0 Å². The second kappa shape index (κ2) is 6.59. The van der Waals surface area contributed by atoms with E-state index in [0.717, 1.165) is 24.2 Å². The highest BCUT2D eigenvalue weighted by Crippen LogP contribution is 2.36. The first kappa shape index (κ1) is 16.8. The van der Waals surface area contributed by atoms with Crippen LogP contribution in [0.15, 0.2) is 28.8 Å². The molecule has 2 aromatic rings. The van der Waals surface area contributed by atoms with Gasteiger partial charge in [0.1, 0.15) is 5.76 Å². The van der Waals surface area contributed by atoms with Gasteiger partial charge in [-0.2, -0.15) is 0 Å². The predicted octanol–water partition coefficient (Wildman–Crippen LogP) is 2.38. The first-order valence-electron chi connectivity index (χ1n) is 9.09. The fourth-order valence-corrected chi connectivity index (χ4v) is 4.00. The van der Waals surface area contributed by atoms with Crippen LogP contribution >= 0.6 is 0 Å². The van der Waals surface area contributed by atoms with E-state index in [0.29, 0.717) is 37.5 Å². The Balaban J connectivity index is 1.48. The van der Waals surface area contributed by atoms with Gasteiger partial charge in [-0.15, -0.1) is 0 Å². The average Bonchev–Trinajstić information content (AvgIpc) is 3.25. The van der Waals surface area contributed by atoms with E-state index >= 15 is 0 Å². The molecule has 1 atom stereocenters. The first-order chi connectivity index (χ1) is 12.5. The third kappa shape index (κ3) is 2.89. The molecule has 1 aliphatic carbocycles. The molecule has 136 valence electrons. The summed E-state index contributed by atoms with van der Waals surface area (Å²) in [5, 5.41) is 3.94. The monoisotopic (exact) mass is 353 g/mol. The molecule has 1 aliphatic heterocycles. The van der Waals surface area contributed by atoms with E-state index in [1.54, 1.807) is 14.1 Å². The van der Waals surface area contributed by atoms with Crippen LogP contribution in [0.2, 0.25) is 0 Å². The Kier molecular flexibility index (Phi) is 4.26. The smallest absolute Gasteiger partial charge is 0.275 e. The Morgan fingerprint density at radius 3 is 2.88 bits per heavy atom. The number of hydrogen-bond donors (Lipinski definition) is 0. The van der Waals surface area contributed by atoms with Gasteiger partial charge in [0.05, 0.1) is 6.54 Å². The van der Waals surface area contributed by atoms with Crippen LogP contribution in [0, 0.1) is 0 Å². The summed E-state index contributed by atoms with van der Waals surface area (Å²) in [5.41, 5.74) is 3.76. The lowest BCUT2D eigenvalue weighted by molar-refractivity contribution is -0.132. The van der Waals surface area contributed by atoms with Gasteiger partial charge < -0.3 is 14.3 Å². The zero-order valence-corrected chi connectivity index (χ0v) is 15.2. The van der Waals surface area contributed by atoms with Gasteiger partial charge in [-0.05, 0) is 29.9 Å². The average molecular weight is 353 g/mol. The van der Waals surface area contributed by atoms with Crippen LogP contribution in [0.5, 0.6) is 0 Å². The molecule has 0 radical (unpaired) electrons. The molecule has 6 nitrogen and oxygen atoms in total. The number of carbonyl (C=O) groups is 2. The molecule has 2 amide bonds. The second-order valence-electron chi connectivity index (χ2n) is 7.34. The Morgan fingerprint density at radius 2 is 2.08 bits per heavy atom. The topological polar surface area (TPSA) is 66.7 Å². The third-order valence-electron chi connectivity index (χ3n) is 5.47. The Labute approximate surface area is 152 Å². The van der Waals surface area contributed by atoms with Crippen molar-refractivity contribution in [3.63, 3.8) is 0 Å². The number of fused-ring (bicyclic) bond motifs is 2. The van der Waals surface area contributed by atoms with Crippen LogP contribution in [0.1, 0.15) is 51.7 Å². The molecule has 0 bridgehead atoms. The molecule has 6 heteroatoms. The highest BCUT2D eigenvalue weighted by atomic mass is 16.5. The van der Waals surface area contributed by atoms with Crippen molar-refractivity contribution in [2.75, 3.05) is 20.6 Å². The van der Waals surface area contributed by atoms with Gasteiger partial charge in [0.2, 0.25) is 5.91 Å². The van der Waals surface area contributed by atoms with Crippen molar-refractivity contribution >= 4 is 11.8 Å². The highest BCUT2D eigenvalue weighted by Gasteiger charge is 2.32. The molecule has 2 heterocycles. The maximum Gasteiger partial charge on any atom is 0.275 e.